The Bertz CT molecular complexity index is 618. The van der Waals surface area contributed by atoms with Crippen LogP contribution in [0.25, 0.3) is 0 Å². The van der Waals surface area contributed by atoms with Crippen molar-refractivity contribution in [2.45, 2.75) is 19.4 Å². The number of fused-ring (bicyclic) bond motifs is 1. The minimum absolute atomic E-state index is 0.0687. The fraction of sp³-hybridized carbons (Fsp3) is 0.214. The molecule has 0 aliphatic carbocycles. The Kier molecular flexibility index (Phi) is 2.99. The van der Waals surface area contributed by atoms with Crippen molar-refractivity contribution < 1.29 is 9.53 Å². The van der Waals surface area contributed by atoms with E-state index in [4.69, 9.17) is 4.74 Å². The molecule has 1 aliphatic heterocycles. The van der Waals surface area contributed by atoms with Crippen molar-refractivity contribution in [3.8, 4) is 5.75 Å². The number of thiophene rings is 1. The molecule has 0 amide bonds. The van der Waals surface area contributed by atoms with E-state index in [-0.39, 0.29) is 11.9 Å². The van der Waals surface area contributed by atoms with Crippen LogP contribution >= 0.6 is 27.3 Å². The lowest BCUT2D eigenvalue weighted by Crippen LogP contribution is -2.05. The molecule has 0 spiro atoms. The van der Waals surface area contributed by atoms with Crippen LogP contribution in [0.4, 0.5) is 0 Å². The number of ether oxygens (including phenoxy) is 1. The Balaban J connectivity index is 1.97. The summed E-state index contributed by atoms with van der Waals surface area (Å²) in [5, 5.41) is 1.91. The molecular weight excluding hydrogens is 312 g/mol. The summed E-state index contributed by atoms with van der Waals surface area (Å²) >= 11 is 4.86. The molecule has 1 atom stereocenters. The summed E-state index contributed by atoms with van der Waals surface area (Å²) in [6, 6.07) is 7.59. The molecule has 2 heterocycles. The molecule has 0 bridgehead atoms. The van der Waals surface area contributed by atoms with E-state index >= 15 is 0 Å². The molecule has 92 valence electrons. The highest BCUT2D eigenvalue weighted by Gasteiger charge is 2.21. The van der Waals surface area contributed by atoms with Crippen molar-refractivity contribution in [3.63, 3.8) is 0 Å². The van der Waals surface area contributed by atoms with Crippen molar-refractivity contribution >= 4 is 33.0 Å². The van der Waals surface area contributed by atoms with Gasteiger partial charge in [0, 0.05) is 16.5 Å². The smallest absolute Gasteiger partial charge is 0.204 e. The van der Waals surface area contributed by atoms with Crippen LogP contribution in [0.2, 0.25) is 0 Å². The van der Waals surface area contributed by atoms with E-state index in [9.17, 15) is 4.79 Å². The van der Waals surface area contributed by atoms with Gasteiger partial charge in [-0.05, 0) is 58.1 Å². The number of hydrogen-bond acceptors (Lipinski definition) is 3. The van der Waals surface area contributed by atoms with Gasteiger partial charge in [-0.15, -0.1) is 11.3 Å². The first kappa shape index (κ1) is 11.9. The fourth-order valence-electron chi connectivity index (χ4n) is 2.15. The highest BCUT2D eigenvalue weighted by molar-refractivity contribution is 9.10. The van der Waals surface area contributed by atoms with Crippen LogP contribution in [-0.2, 0) is 6.42 Å². The second kappa shape index (κ2) is 4.52. The summed E-state index contributed by atoms with van der Waals surface area (Å²) in [7, 11) is 0. The maximum Gasteiger partial charge on any atom is 0.204 e. The molecule has 0 fully saturated rings. The first-order valence-corrected chi connectivity index (χ1v) is 7.39. The number of carbonyl (C=O) groups is 1. The van der Waals surface area contributed by atoms with Gasteiger partial charge < -0.3 is 4.74 Å². The van der Waals surface area contributed by atoms with Gasteiger partial charge >= 0.3 is 0 Å². The monoisotopic (exact) mass is 322 g/mol. The molecule has 2 aromatic rings. The summed E-state index contributed by atoms with van der Waals surface area (Å²) in [5.74, 6) is 0.975. The van der Waals surface area contributed by atoms with Gasteiger partial charge in [0.1, 0.15) is 11.9 Å². The Hall–Kier alpha value is -1.13. The molecule has 18 heavy (non-hydrogen) atoms. The lowest BCUT2D eigenvalue weighted by Gasteiger charge is -2.03. The number of benzene rings is 1. The van der Waals surface area contributed by atoms with E-state index in [1.54, 1.807) is 0 Å². The van der Waals surface area contributed by atoms with Crippen molar-refractivity contribution in [1.29, 1.82) is 0 Å². The first-order chi connectivity index (χ1) is 8.65. The van der Waals surface area contributed by atoms with E-state index in [1.165, 1.54) is 11.3 Å². The van der Waals surface area contributed by atoms with Crippen molar-refractivity contribution in [1.82, 2.24) is 0 Å². The average molecular weight is 323 g/mol. The third kappa shape index (κ3) is 1.99. The Morgan fingerprint density at radius 1 is 1.44 bits per heavy atom. The summed E-state index contributed by atoms with van der Waals surface area (Å²) in [5.41, 5.74) is 1.86. The van der Waals surface area contributed by atoms with Crippen LogP contribution in [0.3, 0.4) is 0 Å². The van der Waals surface area contributed by atoms with Crippen LogP contribution in [0.1, 0.15) is 27.7 Å². The van der Waals surface area contributed by atoms with E-state index < -0.39 is 0 Å². The first-order valence-electron chi connectivity index (χ1n) is 5.72. The van der Waals surface area contributed by atoms with Gasteiger partial charge in [0.25, 0.3) is 0 Å². The van der Waals surface area contributed by atoms with Crippen LogP contribution < -0.4 is 4.74 Å². The predicted molar refractivity (Wildman–Crippen MR) is 75.7 cm³/mol. The van der Waals surface area contributed by atoms with Gasteiger partial charge in [-0.1, -0.05) is 0 Å². The number of rotatable bonds is 2. The molecule has 0 saturated heterocycles. The van der Waals surface area contributed by atoms with Gasteiger partial charge in [-0.25, -0.2) is 0 Å². The Morgan fingerprint density at radius 3 is 3.00 bits per heavy atom. The van der Waals surface area contributed by atoms with E-state index in [2.05, 4.69) is 15.9 Å². The minimum atomic E-state index is 0.0687. The zero-order chi connectivity index (χ0) is 12.7. The lowest BCUT2D eigenvalue weighted by molar-refractivity contribution is 0.104. The standard InChI is InChI=1S/C14H11BrO2S/c1-8-6-10-7-9(2-3-12(10)17-8)13(16)14-11(15)4-5-18-14/h2-5,7-8H,6H2,1H3. The van der Waals surface area contributed by atoms with Crippen LogP contribution in [0, 0.1) is 0 Å². The Morgan fingerprint density at radius 2 is 2.28 bits per heavy atom. The SMILES string of the molecule is CC1Cc2cc(C(=O)c3sccc3Br)ccc2O1. The molecule has 1 aromatic carbocycles. The van der Waals surface area contributed by atoms with Gasteiger partial charge in [0.05, 0.1) is 4.88 Å². The van der Waals surface area contributed by atoms with Crippen LogP contribution in [0.15, 0.2) is 34.1 Å². The topological polar surface area (TPSA) is 26.3 Å². The van der Waals surface area contributed by atoms with Crippen molar-refractivity contribution in [3.05, 3.63) is 50.1 Å². The highest BCUT2D eigenvalue weighted by atomic mass is 79.9. The van der Waals surface area contributed by atoms with Gasteiger partial charge in [-0.2, -0.15) is 0 Å². The third-order valence-corrected chi connectivity index (χ3v) is 4.82. The molecular formula is C14H11BrO2S. The Labute approximate surface area is 118 Å². The van der Waals surface area contributed by atoms with E-state index in [0.29, 0.717) is 0 Å². The summed E-state index contributed by atoms with van der Waals surface area (Å²) in [6.45, 7) is 2.04. The fourth-order valence-corrected chi connectivity index (χ4v) is 3.66. The van der Waals surface area contributed by atoms with Gasteiger partial charge in [-0.3, -0.25) is 4.79 Å². The lowest BCUT2D eigenvalue weighted by atomic mass is 10.0. The zero-order valence-corrected chi connectivity index (χ0v) is 12.2. The van der Waals surface area contributed by atoms with Crippen LogP contribution in [0.5, 0.6) is 5.75 Å². The van der Waals surface area contributed by atoms with E-state index in [1.807, 2.05) is 36.6 Å². The number of ketones is 1. The molecule has 4 heteroatoms. The largest absolute Gasteiger partial charge is 0.490 e. The molecule has 2 nitrogen and oxygen atoms in total. The maximum atomic E-state index is 12.3. The summed E-state index contributed by atoms with van der Waals surface area (Å²) in [6.07, 6.45) is 1.08. The second-order valence-electron chi connectivity index (χ2n) is 4.38. The van der Waals surface area contributed by atoms with E-state index in [0.717, 1.165) is 32.6 Å². The van der Waals surface area contributed by atoms with Gasteiger partial charge in [0.2, 0.25) is 5.78 Å². The molecule has 0 N–H and O–H groups in total. The normalized spacial score (nSPS) is 17.3. The predicted octanol–water partition coefficient (Wildman–Crippen LogP) is 4.07. The third-order valence-electron chi connectivity index (χ3n) is 2.98. The molecule has 1 aromatic heterocycles. The van der Waals surface area contributed by atoms with Crippen molar-refractivity contribution in [2.24, 2.45) is 0 Å². The molecule has 0 saturated carbocycles. The molecule has 1 aliphatic rings. The number of hydrogen-bond donors (Lipinski definition) is 0. The van der Waals surface area contributed by atoms with Crippen LogP contribution in [-0.4, -0.2) is 11.9 Å². The number of carbonyl (C=O) groups excluding carboxylic acids is 1. The summed E-state index contributed by atoms with van der Waals surface area (Å²) < 4.78 is 6.50. The molecule has 1 unspecified atom stereocenters. The maximum absolute atomic E-state index is 12.3. The van der Waals surface area contributed by atoms with Gasteiger partial charge in [0.15, 0.2) is 0 Å². The molecule has 0 radical (unpaired) electrons. The molecule has 3 rings (SSSR count). The average Bonchev–Trinajstić information content (AvgIpc) is 2.91. The summed E-state index contributed by atoms with van der Waals surface area (Å²) in [4.78, 5) is 13.1. The van der Waals surface area contributed by atoms with Crippen molar-refractivity contribution in [2.75, 3.05) is 0 Å². The minimum Gasteiger partial charge on any atom is -0.490 e. The zero-order valence-electron chi connectivity index (χ0n) is 9.77. The second-order valence-corrected chi connectivity index (χ2v) is 6.15. The number of halogens is 1. The quantitative estimate of drug-likeness (QED) is 0.779. The highest BCUT2D eigenvalue weighted by Crippen LogP contribution is 2.31.